The van der Waals surface area contributed by atoms with Crippen molar-refractivity contribution in [3.8, 4) is 0 Å². The Morgan fingerprint density at radius 1 is 1.16 bits per heavy atom. The number of aromatic nitrogens is 2. The average Bonchev–Trinajstić information content (AvgIpc) is 3.31. The quantitative estimate of drug-likeness (QED) is 0.930. The molecule has 2 aliphatic heterocycles. The van der Waals surface area contributed by atoms with Crippen LogP contribution in [0.1, 0.15) is 30.5 Å². The van der Waals surface area contributed by atoms with Crippen molar-refractivity contribution in [1.29, 1.82) is 0 Å². The highest BCUT2D eigenvalue weighted by Crippen LogP contribution is 2.28. The fraction of sp³-hybridized carbons (Fsp3) is 0.421. The van der Waals surface area contributed by atoms with Gasteiger partial charge in [-0.1, -0.05) is 30.3 Å². The predicted molar refractivity (Wildman–Crippen MR) is 94.1 cm³/mol. The van der Waals surface area contributed by atoms with Crippen molar-refractivity contribution in [3.63, 3.8) is 0 Å². The Hall–Kier alpha value is -2.63. The van der Waals surface area contributed by atoms with E-state index in [0.717, 1.165) is 42.6 Å². The molecule has 4 rings (SSSR count). The van der Waals surface area contributed by atoms with Crippen molar-refractivity contribution in [2.45, 2.75) is 38.1 Å². The van der Waals surface area contributed by atoms with Crippen LogP contribution in [0.25, 0.3) is 0 Å². The van der Waals surface area contributed by atoms with E-state index in [9.17, 15) is 9.59 Å². The summed E-state index contributed by atoms with van der Waals surface area (Å²) in [7, 11) is 0. The van der Waals surface area contributed by atoms with Crippen molar-refractivity contribution >= 4 is 17.5 Å². The van der Waals surface area contributed by atoms with Gasteiger partial charge in [-0.05, 0) is 31.2 Å². The number of benzene rings is 1. The fourth-order valence-corrected chi connectivity index (χ4v) is 3.86. The summed E-state index contributed by atoms with van der Waals surface area (Å²) in [6, 6.07) is 9.36. The predicted octanol–water partition coefficient (Wildman–Crippen LogP) is 1.92. The zero-order valence-electron chi connectivity index (χ0n) is 14.1. The number of nitrogens with one attached hydrogen (secondary N) is 1. The van der Waals surface area contributed by atoms with Gasteiger partial charge in [-0.15, -0.1) is 0 Å². The number of aryl methyl sites for hydroxylation is 1. The summed E-state index contributed by atoms with van der Waals surface area (Å²) in [5.74, 6) is 0.0627. The van der Waals surface area contributed by atoms with Crippen LogP contribution < -0.4 is 4.90 Å². The van der Waals surface area contributed by atoms with Gasteiger partial charge >= 0.3 is 0 Å². The average molecular weight is 338 g/mol. The molecule has 2 aliphatic rings. The maximum Gasteiger partial charge on any atom is 0.249 e. The molecule has 130 valence electrons. The molecule has 1 saturated heterocycles. The van der Waals surface area contributed by atoms with Crippen LogP contribution in [0.3, 0.4) is 0 Å². The lowest BCUT2D eigenvalue weighted by Crippen LogP contribution is -2.49. The van der Waals surface area contributed by atoms with Gasteiger partial charge in [0.2, 0.25) is 11.8 Å². The molecular weight excluding hydrogens is 316 g/mol. The Morgan fingerprint density at radius 3 is 2.84 bits per heavy atom. The maximum absolute atomic E-state index is 13.1. The molecule has 0 unspecified atom stereocenters. The third-order valence-corrected chi connectivity index (χ3v) is 5.12. The zero-order chi connectivity index (χ0) is 17.2. The number of fused-ring (bicyclic) bond motifs is 1. The summed E-state index contributed by atoms with van der Waals surface area (Å²) in [6.45, 7) is 1.36. The summed E-state index contributed by atoms with van der Waals surface area (Å²) in [4.78, 5) is 29.4. The summed E-state index contributed by atoms with van der Waals surface area (Å²) in [6.07, 6.45) is 5.52. The number of rotatable bonds is 3. The fourth-order valence-electron chi connectivity index (χ4n) is 3.86. The normalized spacial score (nSPS) is 19.8. The van der Waals surface area contributed by atoms with Gasteiger partial charge < -0.3 is 9.80 Å². The minimum Gasteiger partial charge on any atom is -0.330 e. The van der Waals surface area contributed by atoms with E-state index in [-0.39, 0.29) is 17.9 Å². The van der Waals surface area contributed by atoms with Gasteiger partial charge in [-0.3, -0.25) is 14.7 Å². The van der Waals surface area contributed by atoms with E-state index in [1.165, 1.54) is 0 Å². The first kappa shape index (κ1) is 15.9. The van der Waals surface area contributed by atoms with Crippen molar-refractivity contribution in [2.24, 2.45) is 0 Å². The van der Waals surface area contributed by atoms with E-state index in [4.69, 9.17) is 0 Å². The first-order valence-corrected chi connectivity index (χ1v) is 8.91. The third-order valence-electron chi connectivity index (χ3n) is 5.12. The summed E-state index contributed by atoms with van der Waals surface area (Å²) in [5, 5.41) is 7.05. The number of hydrogen-bond acceptors (Lipinski definition) is 3. The minimum absolute atomic E-state index is 0.0289. The van der Waals surface area contributed by atoms with E-state index >= 15 is 0 Å². The molecule has 0 spiro atoms. The zero-order valence-corrected chi connectivity index (χ0v) is 14.1. The Balaban J connectivity index is 1.50. The second kappa shape index (κ2) is 6.70. The molecule has 0 bridgehead atoms. The molecule has 6 heteroatoms. The Morgan fingerprint density at radius 2 is 2.00 bits per heavy atom. The number of nitrogens with zero attached hydrogens (tertiary/aromatic N) is 3. The van der Waals surface area contributed by atoms with Crippen LogP contribution in [0.15, 0.2) is 36.5 Å². The molecule has 1 atom stereocenters. The van der Waals surface area contributed by atoms with Crippen LogP contribution in [-0.4, -0.2) is 46.0 Å². The Labute approximate surface area is 146 Å². The molecule has 0 saturated carbocycles. The van der Waals surface area contributed by atoms with Crippen molar-refractivity contribution in [1.82, 2.24) is 15.1 Å². The number of amides is 2. The van der Waals surface area contributed by atoms with Gasteiger partial charge in [-0.25, -0.2) is 0 Å². The molecule has 2 amide bonds. The number of hydrogen-bond donors (Lipinski definition) is 1. The molecule has 25 heavy (non-hydrogen) atoms. The molecule has 0 radical (unpaired) electrons. The molecule has 6 nitrogen and oxygen atoms in total. The van der Waals surface area contributed by atoms with Crippen molar-refractivity contribution < 1.29 is 9.59 Å². The molecule has 2 aromatic rings. The van der Waals surface area contributed by atoms with E-state index < -0.39 is 0 Å². The van der Waals surface area contributed by atoms with E-state index in [0.29, 0.717) is 19.5 Å². The SMILES string of the molecule is O=C([C@@H]1CCCN1C(=O)Cc1ccccc1)N1CCCc2[nH]ncc21. The molecule has 1 fully saturated rings. The van der Waals surface area contributed by atoms with Crippen LogP contribution in [0, 0.1) is 0 Å². The van der Waals surface area contributed by atoms with Gasteiger partial charge in [0.05, 0.1) is 24.0 Å². The van der Waals surface area contributed by atoms with E-state index in [1.54, 1.807) is 16.0 Å². The highest BCUT2D eigenvalue weighted by molar-refractivity contribution is 6.00. The lowest BCUT2D eigenvalue weighted by atomic mass is 10.1. The first-order chi connectivity index (χ1) is 12.2. The number of H-pyrrole nitrogens is 1. The molecule has 1 aromatic heterocycles. The standard InChI is InChI=1S/C19H22N4O2/c24-18(12-14-6-2-1-3-7-14)22-10-5-9-16(22)19(25)23-11-4-8-15-17(23)13-20-21-15/h1-3,6-7,13,16H,4-5,8-12H2,(H,20,21)/t16-/m0/s1. The van der Waals surface area contributed by atoms with Crippen LogP contribution in [0.4, 0.5) is 5.69 Å². The molecular formula is C19H22N4O2. The highest BCUT2D eigenvalue weighted by Gasteiger charge is 2.38. The Bertz CT molecular complexity index is 771. The van der Waals surface area contributed by atoms with Gasteiger partial charge in [0, 0.05) is 13.1 Å². The van der Waals surface area contributed by atoms with Crippen LogP contribution in [0.5, 0.6) is 0 Å². The van der Waals surface area contributed by atoms with Gasteiger partial charge in [-0.2, -0.15) is 5.10 Å². The second-order valence-electron chi connectivity index (χ2n) is 6.73. The summed E-state index contributed by atoms with van der Waals surface area (Å²) < 4.78 is 0. The number of carbonyl (C=O) groups is 2. The van der Waals surface area contributed by atoms with Gasteiger partial charge in [0.1, 0.15) is 6.04 Å². The summed E-state index contributed by atoms with van der Waals surface area (Å²) in [5.41, 5.74) is 2.87. The second-order valence-corrected chi connectivity index (χ2v) is 6.73. The number of carbonyl (C=O) groups excluding carboxylic acids is 2. The molecule has 1 aromatic carbocycles. The number of anilines is 1. The maximum atomic E-state index is 13.1. The molecule has 1 N–H and O–H groups in total. The summed E-state index contributed by atoms with van der Waals surface area (Å²) >= 11 is 0. The van der Waals surface area contributed by atoms with Crippen LogP contribution >= 0.6 is 0 Å². The highest BCUT2D eigenvalue weighted by atomic mass is 16.2. The molecule has 3 heterocycles. The Kier molecular flexibility index (Phi) is 4.26. The molecule has 0 aliphatic carbocycles. The first-order valence-electron chi connectivity index (χ1n) is 8.91. The number of aromatic amines is 1. The van der Waals surface area contributed by atoms with Gasteiger partial charge in [0.15, 0.2) is 0 Å². The van der Waals surface area contributed by atoms with Gasteiger partial charge in [0.25, 0.3) is 0 Å². The topological polar surface area (TPSA) is 69.3 Å². The van der Waals surface area contributed by atoms with E-state index in [2.05, 4.69) is 10.2 Å². The van der Waals surface area contributed by atoms with Crippen molar-refractivity contribution in [3.05, 3.63) is 47.8 Å². The minimum atomic E-state index is -0.350. The van der Waals surface area contributed by atoms with E-state index in [1.807, 2.05) is 30.3 Å². The van der Waals surface area contributed by atoms with Crippen LogP contribution in [0.2, 0.25) is 0 Å². The third kappa shape index (κ3) is 3.04. The lowest BCUT2D eigenvalue weighted by molar-refractivity contribution is -0.136. The lowest BCUT2D eigenvalue weighted by Gasteiger charge is -2.32. The van der Waals surface area contributed by atoms with Crippen molar-refractivity contribution in [2.75, 3.05) is 18.0 Å². The number of likely N-dealkylation sites (tertiary alicyclic amines) is 1. The monoisotopic (exact) mass is 338 g/mol. The largest absolute Gasteiger partial charge is 0.330 e. The van der Waals surface area contributed by atoms with Crippen LogP contribution in [-0.2, 0) is 22.4 Å². The smallest absolute Gasteiger partial charge is 0.249 e.